The van der Waals surface area contributed by atoms with Crippen molar-refractivity contribution in [3.8, 4) is 11.3 Å². The quantitative estimate of drug-likeness (QED) is 0.184. The largest absolute Gasteiger partial charge is 0.455 e. The van der Waals surface area contributed by atoms with Gasteiger partial charge in [-0.3, -0.25) is 10.1 Å². The number of benzene rings is 2. The highest BCUT2D eigenvalue weighted by Crippen LogP contribution is 2.24. The Morgan fingerprint density at radius 1 is 0.971 bits per heavy atom. The minimum absolute atomic E-state index is 0.0221. The molecule has 2 aromatic heterocycles. The molecular weight excluding hydrogens is 448 g/mol. The van der Waals surface area contributed by atoms with Crippen LogP contribution in [0.15, 0.2) is 76.2 Å². The van der Waals surface area contributed by atoms with Gasteiger partial charge in [-0.1, -0.05) is 18.2 Å². The second kappa shape index (κ2) is 10.9. The zero-order chi connectivity index (χ0) is 24.6. The highest BCUT2D eigenvalue weighted by atomic mass is 16.6. The fraction of sp³-hybridized carbons (Fsp3) is 0.167. The third-order valence-electron chi connectivity index (χ3n) is 5.05. The van der Waals surface area contributed by atoms with Gasteiger partial charge in [0.05, 0.1) is 11.1 Å². The lowest BCUT2D eigenvalue weighted by molar-refractivity contribution is -0.384. The molecule has 35 heavy (non-hydrogen) atoms. The van der Waals surface area contributed by atoms with Crippen LogP contribution in [0.2, 0.25) is 0 Å². The summed E-state index contributed by atoms with van der Waals surface area (Å²) >= 11 is 0. The van der Waals surface area contributed by atoms with Gasteiger partial charge in [0.1, 0.15) is 11.5 Å². The second-order valence-corrected chi connectivity index (χ2v) is 7.32. The molecule has 0 unspecified atom stereocenters. The van der Waals surface area contributed by atoms with Crippen molar-refractivity contribution in [3.05, 3.63) is 82.6 Å². The number of para-hydroxylation sites is 1. The summed E-state index contributed by atoms with van der Waals surface area (Å²) in [6, 6.07) is 19.3. The number of nitrogens with one attached hydrogen (secondary N) is 2. The van der Waals surface area contributed by atoms with Crippen LogP contribution in [0.3, 0.4) is 0 Å². The standard InChI is InChI=1S/C24H24N8O3/c1-3-31(4-2)24-28-22(26-18-8-6-5-7-9-18)27-23(29-24)30-25-16-20-14-15-21(35-20)17-10-12-19(13-11-17)32(33)34/h5-16H,3-4H2,1-2H3,(H2,26,27,28,29,30)/b25-16-. The number of nitrogens with zero attached hydrogens (tertiary/aromatic N) is 6. The van der Waals surface area contributed by atoms with E-state index in [9.17, 15) is 10.1 Å². The van der Waals surface area contributed by atoms with Gasteiger partial charge in [-0.05, 0) is 50.2 Å². The fourth-order valence-corrected chi connectivity index (χ4v) is 3.25. The van der Waals surface area contributed by atoms with Gasteiger partial charge in [0, 0.05) is 36.5 Å². The predicted molar refractivity (Wildman–Crippen MR) is 135 cm³/mol. The topological polar surface area (TPSA) is 135 Å². The van der Waals surface area contributed by atoms with Crippen molar-refractivity contribution in [2.45, 2.75) is 13.8 Å². The monoisotopic (exact) mass is 472 g/mol. The van der Waals surface area contributed by atoms with Crippen LogP contribution in [0.1, 0.15) is 19.6 Å². The highest BCUT2D eigenvalue weighted by Gasteiger charge is 2.12. The first-order valence-corrected chi connectivity index (χ1v) is 11.0. The van der Waals surface area contributed by atoms with E-state index in [1.165, 1.54) is 18.3 Å². The first kappa shape index (κ1) is 23.4. The summed E-state index contributed by atoms with van der Waals surface area (Å²) in [5.74, 6) is 2.26. The Morgan fingerprint density at radius 3 is 2.37 bits per heavy atom. The zero-order valence-corrected chi connectivity index (χ0v) is 19.3. The summed E-state index contributed by atoms with van der Waals surface area (Å²) in [6.45, 7) is 5.54. The average molecular weight is 473 g/mol. The van der Waals surface area contributed by atoms with Crippen molar-refractivity contribution >= 4 is 35.4 Å². The van der Waals surface area contributed by atoms with Crippen molar-refractivity contribution in [2.24, 2.45) is 5.10 Å². The molecule has 2 N–H and O–H groups in total. The molecule has 4 rings (SSSR count). The predicted octanol–water partition coefficient (Wildman–Crippen LogP) is 5.08. The highest BCUT2D eigenvalue weighted by molar-refractivity contribution is 5.78. The number of hydrazone groups is 1. The lowest BCUT2D eigenvalue weighted by Gasteiger charge is -2.19. The summed E-state index contributed by atoms with van der Waals surface area (Å²) in [5.41, 5.74) is 4.44. The maximum absolute atomic E-state index is 10.8. The van der Waals surface area contributed by atoms with E-state index in [4.69, 9.17) is 4.42 Å². The van der Waals surface area contributed by atoms with Crippen molar-refractivity contribution in [1.82, 2.24) is 15.0 Å². The molecule has 0 saturated heterocycles. The van der Waals surface area contributed by atoms with E-state index < -0.39 is 4.92 Å². The molecule has 2 aromatic carbocycles. The molecule has 2 heterocycles. The van der Waals surface area contributed by atoms with E-state index in [0.29, 0.717) is 23.4 Å². The van der Waals surface area contributed by atoms with Crippen molar-refractivity contribution in [1.29, 1.82) is 0 Å². The molecular formula is C24H24N8O3. The molecule has 178 valence electrons. The van der Waals surface area contributed by atoms with Crippen LogP contribution in [-0.4, -0.2) is 39.2 Å². The molecule has 0 saturated carbocycles. The molecule has 11 nitrogen and oxygen atoms in total. The molecule has 0 radical (unpaired) electrons. The molecule has 0 atom stereocenters. The lowest BCUT2D eigenvalue weighted by Crippen LogP contribution is -2.25. The molecule has 0 fully saturated rings. The molecule has 0 aliphatic carbocycles. The third-order valence-corrected chi connectivity index (χ3v) is 5.05. The van der Waals surface area contributed by atoms with E-state index in [1.54, 1.807) is 24.3 Å². The summed E-state index contributed by atoms with van der Waals surface area (Å²) in [7, 11) is 0. The van der Waals surface area contributed by atoms with Gasteiger partial charge >= 0.3 is 0 Å². The molecule has 11 heteroatoms. The number of nitro groups is 1. The summed E-state index contributed by atoms with van der Waals surface area (Å²) < 4.78 is 5.77. The number of anilines is 4. The van der Waals surface area contributed by atoms with Gasteiger partial charge in [0.15, 0.2) is 0 Å². The maximum Gasteiger partial charge on any atom is 0.269 e. The van der Waals surface area contributed by atoms with Gasteiger partial charge < -0.3 is 14.6 Å². The molecule has 0 spiro atoms. The summed E-state index contributed by atoms with van der Waals surface area (Å²) in [4.78, 5) is 25.8. The minimum atomic E-state index is -0.441. The van der Waals surface area contributed by atoms with Crippen LogP contribution < -0.4 is 15.6 Å². The average Bonchev–Trinajstić information content (AvgIpc) is 3.34. The Hall–Kier alpha value is -4.80. The zero-order valence-electron chi connectivity index (χ0n) is 19.3. The van der Waals surface area contributed by atoms with Crippen molar-refractivity contribution < 1.29 is 9.34 Å². The van der Waals surface area contributed by atoms with Crippen LogP contribution in [0, 0.1) is 10.1 Å². The Balaban J connectivity index is 1.50. The van der Waals surface area contributed by atoms with Gasteiger partial charge in [0.25, 0.3) is 5.69 Å². The number of hydrogen-bond acceptors (Lipinski definition) is 10. The van der Waals surface area contributed by atoms with E-state index in [1.807, 2.05) is 49.1 Å². The molecule has 0 aliphatic heterocycles. The van der Waals surface area contributed by atoms with Gasteiger partial charge in [-0.25, -0.2) is 5.43 Å². The Morgan fingerprint density at radius 2 is 1.69 bits per heavy atom. The van der Waals surface area contributed by atoms with Crippen LogP contribution in [0.4, 0.5) is 29.2 Å². The fourth-order valence-electron chi connectivity index (χ4n) is 3.25. The third kappa shape index (κ3) is 5.96. The lowest BCUT2D eigenvalue weighted by atomic mass is 10.1. The Kier molecular flexibility index (Phi) is 7.26. The maximum atomic E-state index is 10.8. The minimum Gasteiger partial charge on any atom is -0.455 e. The number of non-ortho nitro benzene ring substituents is 1. The van der Waals surface area contributed by atoms with Gasteiger partial charge in [-0.15, -0.1) is 0 Å². The van der Waals surface area contributed by atoms with Crippen molar-refractivity contribution in [3.63, 3.8) is 0 Å². The SMILES string of the molecule is CCN(CC)c1nc(N/N=C\c2ccc(-c3ccc([N+](=O)[O-])cc3)o2)nc(Nc2ccccc2)n1. The number of nitro benzene ring substituents is 1. The number of furan rings is 1. The Labute approximate surface area is 201 Å². The molecule has 0 aliphatic rings. The Bertz CT molecular complexity index is 1300. The molecule has 4 aromatic rings. The number of rotatable bonds is 10. The van der Waals surface area contributed by atoms with E-state index >= 15 is 0 Å². The van der Waals surface area contributed by atoms with Crippen LogP contribution in [-0.2, 0) is 0 Å². The van der Waals surface area contributed by atoms with Crippen LogP contribution in [0.25, 0.3) is 11.3 Å². The van der Waals surface area contributed by atoms with Crippen LogP contribution >= 0.6 is 0 Å². The first-order chi connectivity index (χ1) is 17.1. The summed E-state index contributed by atoms with van der Waals surface area (Å²) in [6.07, 6.45) is 1.50. The number of hydrogen-bond donors (Lipinski definition) is 2. The van der Waals surface area contributed by atoms with Gasteiger partial charge in [0.2, 0.25) is 17.8 Å². The van der Waals surface area contributed by atoms with Crippen molar-refractivity contribution in [2.75, 3.05) is 28.7 Å². The molecule has 0 bridgehead atoms. The normalized spacial score (nSPS) is 10.9. The van der Waals surface area contributed by atoms with E-state index in [2.05, 4.69) is 30.8 Å². The smallest absolute Gasteiger partial charge is 0.269 e. The second-order valence-electron chi connectivity index (χ2n) is 7.32. The van der Waals surface area contributed by atoms with E-state index in [0.717, 1.165) is 24.3 Å². The van der Waals surface area contributed by atoms with Gasteiger partial charge in [-0.2, -0.15) is 20.1 Å². The molecule has 0 amide bonds. The first-order valence-electron chi connectivity index (χ1n) is 11.0. The summed E-state index contributed by atoms with van der Waals surface area (Å²) in [5, 5.41) is 18.2. The van der Waals surface area contributed by atoms with E-state index in [-0.39, 0.29) is 11.6 Å². The number of aromatic nitrogens is 3. The van der Waals surface area contributed by atoms with Crippen LogP contribution in [0.5, 0.6) is 0 Å².